The second-order valence-electron chi connectivity index (χ2n) is 4.23. The Morgan fingerprint density at radius 3 is 2.43 bits per heavy atom. The van der Waals surface area contributed by atoms with E-state index in [9.17, 15) is 0 Å². The fourth-order valence-corrected chi connectivity index (χ4v) is 1.75. The summed E-state index contributed by atoms with van der Waals surface area (Å²) in [5, 5.41) is 0. The molecule has 0 radical (unpaired) electrons. The molecule has 1 heteroatoms. The number of rotatable bonds is 4. The highest BCUT2D eigenvalue weighted by Gasteiger charge is 2.09. The van der Waals surface area contributed by atoms with E-state index in [1.54, 1.807) is 0 Å². The zero-order valence-electron chi connectivity index (χ0n) is 9.26. The second-order valence-corrected chi connectivity index (χ2v) is 5.40. The lowest BCUT2D eigenvalue weighted by Gasteiger charge is -2.14. The molecule has 0 fully saturated rings. The quantitative estimate of drug-likeness (QED) is 0.702. The number of hydrogen-bond donors (Lipinski definition) is 0. The third-order valence-electron chi connectivity index (χ3n) is 2.67. The molecule has 0 aromatic heterocycles. The van der Waals surface area contributed by atoms with Crippen LogP contribution in [0.5, 0.6) is 0 Å². The molecule has 0 amide bonds. The first-order valence-corrected chi connectivity index (χ1v) is 6.21. The van der Waals surface area contributed by atoms with E-state index in [1.807, 2.05) is 0 Å². The largest absolute Gasteiger partial charge is 0.0888 e. The third-order valence-corrected chi connectivity index (χ3v) is 4.19. The highest BCUT2D eigenvalue weighted by atomic mass is 79.9. The normalized spacial score (nSPS) is 13.2. The van der Waals surface area contributed by atoms with Gasteiger partial charge in [0.25, 0.3) is 0 Å². The van der Waals surface area contributed by atoms with Crippen molar-refractivity contribution >= 4 is 15.9 Å². The van der Waals surface area contributed by atoms with Crippen LogP contribution in [0.15, 0.2) is 24.3 Å². The van der Waals surface area contributed by atoms with Gasteiger partial charge in [0.2, 0.25) is 0 Å². The lowest BCUT2D eigenvalue weighted by molar-refractivity contribution is 0.581. The maximum Gasteiger partial charge on any atom is 0.0172 e. The maximum atomic E-state index is 3.72. The molecule has 0 saturated heterocycles. The van der Waals surface area contributed by atoms with Crippen molar-refractivity contribution in [2.75, 3.05) is 0 Å². The predicted molar refractivity (Wildman–Crippen MR) is 67.1 cm³/mol. The fourth-order valence-electron chi connectivity index (χ4n) is 1.52. The maximum absolute atomic E-state index is 3.72. The standard InChI is InChI=1S/C13H19Br/c1-10(2)13(14)9-8-12-7-5-4-6-11(12)3/h4-7,10,13H,8-9H2,1-3H3. The molecule has 0 aliphatic heterocycles. The van der Waals surface area contributed by atoms with Crippen LogP contribution in [0.1, 0.15) is 31.4 Å². The van der Waals surface area contributed by atoms with E-state index in [0.29, 0.717) is 4.83 Å². The van der Waals surface area contributed by atoms with E-state index >= 15 is 0 Å². The Morgan fingerprint density at radius 2 is 1.86 bits per heavy atom. The predicted octanol–water partition coefficient (Wildman–Crippen LogP) is 4.35. The molecule has 0 bridgehead atoms. The summed E-state index contributed by atoms with van der Waals surface area (Å²) in [6.45, 7) is 6.71. The molecule has 0 aliphatic carbocycles. The minimum absolute atomic E-state index is 0.641. The monoisotopic (exact) mass is 254 g/mol. The lowest BCUT2D eigenvalue weighted by atomic mass is 9.99. The minimum atomic E-state index is 0.641. The molecular weight excluding hydrogens is 236 g/mol. The summed E-state index contributed by atoms with van der Waals surface area (Å²) >= 11 is 3.72. The highest BCUT2D eigenvalue weighted by molar-refractivity contribution is 9.09. The van der Waals surface area contributed by atoms with Gasteiger partial charge in [0, 0.05) is 4.83 Å². The van der Waals surface area contributed by atoms with Gasteiger partial charge in [-0.05, 0) is 36.8 Å². The zero-order valence-corrected chi connectivity index (χ0v) is 10.8. The number of alkyl halides is 1. The Bertz CT molecular complexity index is 278. The van der Waals surface area contributed by atoms with E-state index in [1.165, 1.54) is 24.0 Å². The summed E-state index contributed by atoms with van der Waals surface area (Å²) in [7, 11) is 0. The smallest absolute Gasteiger partial charge is 0.0172 e. The first-order chi connectivity index (χ1) is 6.61. The van der Waals surface area contributed by atoms with Gasteiger partial charge in [-0.3, -0.25) is 0 Å². The van der Waals surface area contributed by atoms with Crippen molar-refractivity contribution in [3.8, 4) is 0 Å². The molecular formula is C13H19Br. The summed E-state index contributed by atoms with van der Waals surface area (Å²) < 4.78 is 0. The highest BCUT2D eigenvalue weighted by Crippen LogP contribution is 2.19. The molecule has 78 valence electrons. The fraction of sp³-hybridized carbons (Fsp3) is 0.538. The summed E-state index contributed by atoms with van der Waals surface area (Å²) in [4.78, 5) is 0.641. The van der Waals surface area contributed by atoms with Gasteiger partial charge < -0.3 is 0 Å². The van der Waals surface area contributed by atoms with Crippen LogP contribution in [0, 0.1) is 12.8 Å². The van der Waals surface area contributed by atoms with Crippen LogP contribution in [0.2, 0.25) is 0 Å². The average Bonchev–Trinajstić information content (AvgIpc) is 2.16. The minimum Gasteiger partial charge on any atom is -0.0888 e. The topological polar surface area (TPSA) is 0 Å². The molecule has 0 spiro atoms. The van der Waals surface area contributed by atoms with Gasteiger partial charge in [-0.15, -0.1) is 0 Å². The van der Waals surface area contributed by atoms with Crippen LogP contribution in [0.4, 0.5) is 0 Å². The number of hydrogen-bond acceptors (Lipinski definition) is 0. The van der Waals surface area contributed by atoms with Gasteiger partial charge in [-0.2, -0.15) is 0 Å². The molecule has 0 heterocycles. The van der Waals surface area contributed by atoms with E-state index in [-0.39, 0.29) is 0 Å². The van der Waals surface area contributed by atoms with E-state index in [2.05, 4.69) is 61.0 Å². The summed E-state index contributed by atoms with van der Waals surface area (Å²) in [5.74, 6) is 0.721. The Labute approximate surface area is 95.9 Å². The molecule has 0 nitrogen and oxygen atoms in total. The molecule has 1 unspecified atom stereocenters. The number of benzene rings is 1. The van der Waals surface area contributed by atoms with E-state index in [0.717, 1.165) is 5.92 Å². The van der Waals surface area contributed by atoms with Crippen molar-refractivity contribution in [2.45, 2.75) is 38.4 Å². The molecule has 0 saturated carbocycles. The Morgan fingerprint density at radius 1 is 1.21 bits per heavy atom. The molecule has 1 rings (SSSR count). The van der Waals surface area contributed by atoms with E-state index in [4.69, 9.17) is 0 Å². The number of aryl methyl sites for hydroxylation is 2. The van der Waals surface area contributed by atoms with Gasteiger partial charge >= 0.3 is 0 Å². The van der Waals surface area contributed by atoms with Gasteiger partial charge in [-0.25, -0.2) is 0 Å². The average molecular weight is 255 g/mol. The molecule has 1 atom stereocenters. The zero-order chi connectivity index (χ0) is 10.6. The molecule has 1 aromatic carbocycles. The van der Waals surface area contributed by atoms with Crippen molar-refractivity contribution in [3.63, 3.8) is 0 Å². The SMILES string of the molecule is Cc1ccccc1CCC(Br)C(C)C. The second kappa shape index (κ2) is 5.55. The molecule has 1 aromatic rings. The van der Waals surface area contributed by atoms with Crippen molar-refractivity contribution in [2.24, 2.45) is 5.92 Å². The number of halogens is 1. The molecule has 14 heavy (non-hydrogen) atoms. The van der Waals surface area contributed by atoms with Crippen LogP contribution < -0.4 is 0 Å². The van der Waals surface area contributed by atoms with Crippen LogP contribution in [-0.2, 0) is 6.42 Å². The van der Waals surface area contributed by atoms with Gasteiger partial charge in [0.05, 0.1) is 0 Å². The van der Waals surface area contributed by atoms with Gasteiger partial charge in [0.1, 0.15) is 0 Å². The van der Waals surface area contributed by atoms with Crippen molar-refractivity contribution in [3.05, 3.63) is 35.4 Å². The first-order valence-electron chi connectivity index (χ1n) is 5.30. The van der Waals surface area contributed by atoms with Crippen molar-refractivity contribution in [1.82, 2.24) is 0 Å². The third kappa shape index (κ3) is 3.45. The summed E-state index contributed by atoms with van der Waals surface area (Å²) in [5.41, 5.74) is 2.90. The van der Waals surface area contributed by atoms with Crippen LogP contribution in [0.25, 0.3) is 0 Å². The Hall–Kier alpha value is -0.300. The Balaban J connectivity index is 2.50. The summed E-state index contributed by atoms with van der Waals surface area (Å²) in [6, 6.07) is 8.65. The first kappa shape index (κ1) is 11.8. The van der Waals surface area contributed by atoms with E-state index < -0.39 is 0 Å². The van der Waals surface area contributed by atoms with Crippen LogP contribution in [0.3, 0.4) is 0 Å². The summed E-state index contributed by atoms with van der Waals surface area (Å²) in [6.07, 6.45) is 2.41. The van der Waals surface area contributed by atoms with Gasteiger partial charge in [0.15, 0.2) is 0 Å². The Kier molecular flexibility index (Phi) is 4.67. The molecule has 0 N–H and O–H groups in total. The van der Waals surface area contributed by atoms with Gasteiger partial charge in [-0.1, -0.05) is 54.0 Å². The van der Waals surface area contributed by atoms with Crippen LogP contribution in [-0.4, -0.2) is 4.83 Å². The van der Waals surface area contributed by atoms with Crippen molar-refractivity contribution < 1.29 is 0 Å². The lowest BCUT2D eigenvalue weighted by Crippen LogP contribution is -2.08. The van der Waals surface area contributed by atoms with Crippen molar-refractivity contribution in [1.29, 1.82) is 0 Å². The molecule has 0 aliphatic rings. The van der Waals surface area contributed by atoms with Crippen LogP contribution >= 0.6 is 15.9 Å².